The molecule has 0 saturated carbocycles. The minimum atomic E-state index is 0.226. The van der Waals surface area contributed by atoms with E-state index in [1.54, 1.807) is 14.2 Å². The lowest BCUT2D eigenvalue weighted by atomic mass is 10.1. The van der Waals surface area contributed by atoms with E-state index in [4.69, 9.17) is 15.2 Å². The molecule has 0 unspecified atom stereocenters. The van der Waals surface area contributed by atoms with Crippen LogP contribution in [0, 0.1) is 0 Å². The number of ether oxygens (including phenoxy) is 2. The first kappa shape index (κ1) is 20.5. The Labute approximate surface area is 171 Å². The molecule has 0 spiro atoms. The summed E-state index contributed by atoms with van der Waals surface area (Å²) in [5.41, 5.74) is 9.26. The number of likely N-dealkylation sites (tertiary alicyclic amines) is 1. The largest absolute Gasteiger partial charge is 0.493 e. The van der Waals surface area contributed by atoms with Gasteiger partial charge in [0.1, 0.15) is 0 Å². The maximum Gasteiger partial charge on any atom is 0.222 e. The van der Waals surface area contributed by atoms with Gasteiger partial charge < -0.3 is 25.4 Å². The maximum absolute atomic E-state index is 11.9. The molecule has 154 valence electrons. The molecule has 1 heterocycles. The van der Waals surface area contributed by atoms with Gasteiger partial charge in [-0.3, -0.25) is 4.79 Å². The monoisotopic (exact) mass is 396 g/mol. The molecule has 3 N–H and O–H groups in total. The summed E-state index contributed by atoms with van der Waals surface area (Å²) in [5.74, 6) is 1.94. The molecule has 1 saturated heterocycles. The molecule has 7 heteroatoms. The Morgan fingerprint density at radius 2 is 1.90 bits per heavy atom. The fourth-order valence-electron chi connectivity index (χ4n) is 3.36. The highest BCUT2D eigenvalue weighted by atomic mass is 16.5. The van der Waals surface area contributed by atoms with Gasteiger partial charge in [-0.2, -0.15) is 0 Å². The average Bonchev–Trinajstić information content (AvgIpc) is 3.15. The predicted octanol–water partition coefficient (Wildman–Crippen LogP) is 2.43. The van der Waals surface area contributed by atoms with Gasteiger partial charge in [0.05, 0.1) is 20.8 Å². The van der Waals surface area contributed by atoms with Gasteiger partial charge in [-0.15, -0.1) is 0 Å². The second kappa shape index (κ2) is 9.82. The van der Waals surface area contributed by atoms with E-state index in [0.717, 1.165) is 29.7 Å². The van der Waals surface area contributed by atoms with Crippen molar-refractivity contribution in [2.24, 2.45) is 10.7 Å². The van der Waals surface area contributed by atoms with Crippen molar-refractivity contribution < 1.29 is 14.3 Å². The van der Waals surface area contributed by atoms with E-state index in [2.05, 4.69) is 16.4 Å². The number of nitrogens with two attached hydrogens (primary N) is 1. The lowest BCUT2D eigenvalue weighted by Crippen LogP contribution is -2.32. The molecule has 0 aromatic heterocycles. The van der Waals surface area contributed by atoms with Crippen molar-refractivity contribution in [3.8, 4) is 11.5 Å². The van der Waals surface area contributed by atoms with Gasteiger partial charge in [0.15, 0.2) is 17.5 Å². The Balaban J connectivity index is 1.59. The van der Waals surface area contributed by atoms with Crippen LogP contribution in [-0.4, -0.2) is 37.5 Å². The second-order valence-electron chi connectivity index (χ2n) is 6.93. The molecule has 0 aliphatic carbocycles. The van der Waals surface area contributed by atoms with Crippen LogP contribution in [0.2, 0.25) is 0 Å². The highest BCUT2D eigenvalue weighted by Gasteiger charge is 2.20. The van der Waals surface area contributed by atoms with Gasteiger partial charge in [-0.05, 0) is 35.2 Å². The van der Waals surface area contributed by atoms with Crippen LogP contribution in [0.15, 0.2) is 47.5 Å². The number of aliphatic imine (C=N–C) groups is 1. The molecular weight excluding hydrogens is 368 g/mol. The van der Waals surface area contributed by atoms with Crippen LogP contribution in [0.25, 0.3) is 0 Å². The first-order valence-corrected chi connectivity index (χ1v) is 9.70. The predicted molar refractivity (Wildman–Crippen MR) is 113 cm³/mol. The second-order valence-corrected chi connectivity index (χ2v) is 6.93. The highest BCUT2D eigenvalue weighted by molar-refractivity contribution is 5.78. The van der Waals surface area contributed by atoms with E-state index in [1.807, 2.05) is 41.3 Å². The average molecular weight is 396 g/mol. The number of amides is 1. The van der Waals surface area contributed by atoms with Crippen molar-refractivity contribution in [2.75, 3.05) is 20.8 Å². The van der Waals surface area contributed by atoms with Crippen molar-refractivity contribution >= 4 is 11.9 Å². The third-order valence-electron chi connectivity index (χ3n) is 4.99. The number of benzene rings is 2. The fourth-order valence-corrected chi connectivity index (χ4v) is 3.36. The molecule has 1 aliphatic rings. The molecule has 7 nitrogen and oxygen atoms in total. The van der Waals surface area contributed by atoms with E-state index >= 15 is 0 Å². The summed E-state index contributed by atoms with van der Waals surface area (Å²) in [6.07, 6.45) is 1.59. The van der Waals surface area contributed by atoms with Gasteiger partial charge in [0, 0.05) is 26.1 Å². The van der Waals surface area contributed by atoms with Crippen LogP contribution >= 0.6 is 0 Å². The summed E-state index contributed by atoms with van der Waals surface area (Å²) in [5, 5.41) is 3.17. The van der Waals surface area contributed by atoms with Crippen LogP contribution in [-0.2, 0) is 24.4 Å². The van der Waals surface area contributed by atoms with Gasteiger partial charge in [-0.25, -0.2) is 4.99 Å². The minimum absolute atomic E-state index is 0.226. The smallest absolute Gasteiger partial charge is 0.222 e. The maximum atomic E-state index is 11.9. The normalized spacial score (nSPS) is 14.2. The fraction of sp³-hybridized carbons (Fsp3) is 0.364. The van der Waals surface area contributed by atoms with Crippen molar-refractivity contribution in [3.63, 3.8) is 0 Å². The number of guanidine groups is 1. The summed E-state index contributed by atoms with van der Waals surface area (Å²) in [7, 11) is 3.21. The third kappa shape index (κ3) is 5.40. The van der Waals surface area contributed by atoms with E-state index in [0.29, 0.717) is 43.5 Å². The molecule has 3 rings (SSSR count). The van der Waals surface area contributed by atoms with Crippen LogP contribution in [0.1, 0.15) is 29.5 Å². The van der Waals surface area contributed by atoms with Crippen LogP contribution in [0.5, 0.6) is 11.5 Å². The summed E-state index contributed by atoms with van der Waals surface area (Å²) in [4.78, 5) is 18.2. The summed E-state index contributed by atoms with van der Waals surface area (Å²) < 4.78 is 10.6. The summed E-state index contributed by atoms with van der Waals surface area (Å²) in [6, 6.07) is 13.8. The molecule has 29 heavy (non-hydrogen) atoms. The third-order valence-corrected chi connectivity index (χ3v) is 4.99. The molecule has 0 radical (unpaired) electrons. The lowest BCUT2D eigenvalue weighted by Gasteiger charge is -2.18. The number of carbonyl (C=O) groups excluding carboxylic acids is 1. The zero-order valence-electron chi connectivity index (χ0n) is 17.0. The zero-order valence-corrected chi connectivity index (χ0v) is 17.0. The van der Waals surface area contributed by atoms with Crippen LogP contribution < -0.4 is 20.5 Å². The Bertz CT molecular complexity index is 882. The molecule has 1 amide bonds. The molecule has 1 fully saturated rings. The van der Waals surface area contributed by atoms with E-state index in [9.17, 15) is 4.79 Å². The first-order valence-electron chi connectivity index (χ1n) is 9.70. The highest BCUT2D eigenvalue weighted by Crippen LogP contribution is 2.27. The topological polar surface area (TPSA) is 89.2 Å². The molecule has 0 bridgehead atoms. The van der Waals surface area contributed by atoms with E-state index in [-0.39, 0.29) is 5.91 Å². The molecule has 0 atom stereocenters. The Morgan fingerprint density at radius 1 is 1.14 bits per heavy atom. The Hall–Kier alpha value is -3.22. The van der Waals surface area contributed by atoms with Gasteiger partial charge in [0.2, 0.25) is 5.91 Å². The number of rotatable bonds is 8. The number of hydrogen-bond acceptors (Lipinski definition) is 4. The molecular formula is C22H28N4O3. The van der Waals surface area contributed by atoms with E-state index < -0.39 is 0 Å². The minimum Gasteiger partial charge on any atom is -0.493 e. The van der Waals surface area contributed by atoms with Crippen LogP contribution in [0.3, 0.4) is 0 Å². The van der Waals surface area contributed by atoms with Crippen molar-refractivity contribution in [1.29, 1.82) is 0 Å². The zero-order chi connectivity index (χ0) is 20.6. The number of nitrogens with zero attached hydrogens (tertiary/aromatic N) is 2. The van der Waals surface area contributed by atoms with Crippen LogP contribution in [0.4, 0.5) is 0 Å². The number of hydrogen-bond donors (Lipinski definition) is 2. The SMILES string of the molecule is COc1ccc(CN=C(N)NCc2ccccc2CN2CCCC2=O)cc1OC. The molecule has 1 aliphatic heterocycles. The number of carbonyl (C=O) groups is 1. The van der Waals surface area contributed by atoms with Gasteiger partial charge in [0.25, 0.3) is 0 Å². The Kier molecular flexibility index (Phi) is 6.94. The Morgan fingerprint density at radius 3 is 2.59 bits per heavy atom. The van der Waals surface area contributed by atoms with Crippen molar-refractivity contribution in [3.05, 3.63) is 59.2 Å². The summed E-state index contributed by atoms with van der Waals surface area (Å²) in [6.45, 7) is 2.46. The van der Waals surface area contributed by atoms with Crippen molar-refractivity contribution in [1.82, 2.24) is 10.2 Å². The number of methoxy groups -OCH3 is 2. The lowest BCUT2D eigenvalue weighted by molar-refractivity contribution is -0.128. The standard InChI is InChI=1S/C22H28N4O3/c1-28-19-10-9-16(12-20(19)29-2)13-24-22(23)25-14-17-6-3-4-7-18(17)15-26-11-5-8-21(26)27/h3-4,6-7,9-10,12H,5,8,11,13-15H2,1-2H3,(H3,23,24,25). The first-order chi connectivity index (χ1) is 14.1. The van der Waals surface area contributed by atoms with Crippen molar-refractivity contribution in [2.45, 2.75) is 32.5 Å². The quantitative estimate of drug-likeness (QED) is 0.528. The molecule has 2 aromatic rings. The number of nitrogens with one attached hydrogen (secondary N) is 1. The van der Waals surface area contributed by atoms with Gasteiger partial charge >= 0.3 is 0 Å². The van der Waals surface area contributed by atoms with E-state index in [1.165, 1.54) is 0 Å². The molecule has 2 aromatic carbocycles. The summed E-state index contributed by atoms with van der Waals surface area (Å²) >= 11 is 0. The van der Waals surface area contributed by atoms with Gasteiger partial charge in [-0.1, -0.05) is 30.3 Å².